The lowest BCUT2D eigenvalue weighted by Gasteiger charge is -2.33. The highest BCUT2D eigenvalue weighted by atomic mass is 16.5. The molecular weight excluding hydrogens is 264 g/mol. The molecule has 0 aliphatic heterocycles. The third-order valence-corrected chi connectivity index (χ3v) is 4.69. The maximum absolute atomic E-state index is 5.80. The smallest absolute Gasteiger partial charge is 0.237 e. The Morgan fingerprint density at radius 1 is 1.29 bits per heavy atom. The Kier molecular flexibility index (Phi) is 6.39. The fourth-order valence-corrected chi connectivity index (χ4v) is 3.45. The number of hydrogen-bond acceptors (Lipinski definition) is 5. The summed E-state index contributed by atoms with van der Waals surface area (Å²) in [5.74, 6) is 7.78. The van der Waals surface area contributed by atoms with Crippen molar-refractivity contribution in [3.8, 4) is 5.88 Å². The van der Waals surface area contributed by atoms with Gasteiger partial charge in [0.1, 0.15) is 5.69 Å². The number of ether oxygens (including phenoxy) is 1. The van der Waals surface area contributed by atoms with Gasteiger partial charge < -0.3 is 4.74 Å². The molecule has 1 heterocycles. The highest BCUT2D eigenvalue weighted by Gasteiger charge is 2.30. The summed E-state index contributed by atoms with van der Waals surface area (Å²) in [6.07, 6.45) is 12.4. The van der Waals surface area contributed by atoms with Crippen LogP contribution in [-0.2, 0) is 0 Å². The summed E-state index contributed by atoms with van der Waals surface area (Å²) in [7, 11) is 1.63. The Hall–Kier alpha value is -1.20. The summed E-state index contributed by atoms with van der Waals surface area (Å²) in [5.41, 5.74) is 3.77. The highest BCUT2D eigenvalue weighted by Crippen LogP contribution is 2.39. The van der Waals surface area contributed by atoms with Crippen LogP contribution in [0.25, 0.3) is 0 Å². The van der Waals surface area contributed by atoms with Crippen LogP contribution in [0.4, 0.5) is 0 Å². The highest BCUT2D eigenvalue weighted by molar-refractivity contribution is 5.22. The zero-order chi connectivity index (χ0) is 15.1. The van der Waals surface area contributed by atoms with E-state index >= 15 is 0 Å². The van der Waals surface area contributed by atoms with E-state index in [1.54, 1.807) is 19.5 Å². The Balaban J connectivity index is 1.99. The van der Waals surface area contributed by atoms with E-state index < -0.39 is 0 Å². The molecule has 1 unspecified atom stereocenters. The van der Waals surface area contributed by atoms with Gasteiger partial charge in [-0.2, -0.15) is 0 Å². The first kappa shape index (κ1) is 16.2. The lowest BCUT2D eigenvalue weighted by atomic mass is 9.76. The van der Waals surface area contributed by atoms with Gasteiger partial charge in [-0.05, 0) is 24.7 Å². The number of unbranched alkanes of at least 4 members (excludes halogenated alkanes) is 1. The number of methoxy groups -OCH3 is 1. The van der Waals surface area contributed by atoms with Gasteiger partial charge in [0.25, 0.3) is 0 Å². The minimum atomic E-state index is 0.0285. The molecule has 1 fully saturated rings. The lowest BCUT2D eigenvalue weighted by molar-refractivity contribution is 0.208. The molecule has 21 heavy (non-hydrogen) atoms. The summed E-state index contributed by atoms with van der Waals surface area (Å²) in [6, 6.07) is 0.0285. The molecule has 5 heteroatoms. The monoisotopic (exact) mass is 292 g/mol. The molecule has 1 aliphatic carbocycles. The van der Waals surface area contributed by atoms with Crippen LogP contribution in [0.5, 0.6) is 5.88 Å². The van der Waals surface area contributed by atoms with Crippen LogP contribution >= 0.6 is 0 Å². The zero-order valence-corrected chi connectivity index (χ0v) is 13.2. The van der Waals surface area contributed by atoms with Crippen molar-refractivity contribution in [2.75, 3.05) is 7.11 Å². The maximum atomic E-state index is 5.80. The van der Waals surface area contributed by atoms with Gasteiger partial charge in [-0.25, -0.2) is 4.98 Å². The van der Waals surface area contributed by atoms with E-state index in [0.717, 1.165) is 11.6 Å². The Labute approximate surface area is 127 Å². The van der Waals surface area contributed by atoms with Gasteiger partial charge in [-0.3, -0.25) is 16.3 Å². The average Bonchev–Trinajstić information content (AvgIpc) is 2.55. The summed E-state index contributed by atoms with van der Waals surface area (Å²) in [4.78, 5) is 8.67. The molecule has 0 spiro atoms. The van der Waals surface area contributed by atoms with Gasteiger partial charge in [0.2, 0.25) is 5.88 Å². The fourth-order valence-electron chi connectivity index (χ4n) is 3.45. The summed E-state index contributed by atoms with van der Waals surface area (Å²) in [5, 5.41) is 0. The zero-order valence-electron chi connectivity index (χ0n) is 13.2. The van der Waals surface area contributed by atoms with Gasteiger partial charge in [-0.15, -0.1) is 0 Å². The van der Waals surface area contributed by atoms with Crippen LogP contribution in [0.15, 0.2) is 12.4 Å². The molecule has 1 atom stereocenters. The van der Waals surface area contributed by atoms with E-state index in [0.29, 0.717) is 11.8 Å². The molecular formula is C16H28N4O. The van der Waals surface area contributed by atoms with Crippen LogP contribution in [-0.4, -0.2) is 17.1 Å². The normalized spacial score (nSPS) is 23.8. The number of nitrogens with two attached hydrogens (primary N) is 1. The minimum Gasteiger partial charge on any atom is -0.480 e. The Morgan fingerprint density at radius 3 is 2.62 bits per heavy atom. The second-order valence-corrected chi connectivity index (χ2v) is 6.02. The predicted molar refractivity (Wildman–Crippen MR) is 83.6 cm³/mol. The third kappa shape index (κ3) is 4.14. The van der Waals surface area contributed by atoms with Crippen molar-refractivity contribution >= 4 is 0 Å². The molecule has 1 aliphatic rings. The number of nitrogens with one attached hydrogen (secondary N) is 1. The number of nitrogens with zero attached hydrogens (tertiary/aromatic N) is 2. The SMILES string of the molecule is CCCCC1CCC(C(NN)c2nccnc2OC)CC1. The van der Waals surface area contributed by atoms with Crippen molar-refractivity contribution in [1.82, 2.24) is 15.4 Å². The van der Waals surface area contributed by atoms with Crippen LogP contribution in [0.1, 0.15) is 63.6 Å². The van der Waals surface area contributed by atoms with Crippen molar-refractivity contribution in [1.29, 1.82) is 0 Å². The standard InChI is InChI=1S/C16H28N4O/c1-3-4-5-12-6-8-13(9-7-12)14(20-17)15-16(21-2)19-11-10-18-15/h10-14,20H,3-9,17H2,1-2H3. The third-order valence-electron chi connectivity index (χ3n) is 4.69. The van der Waals surface area contributed by atoms with Crippen molar-refractivity contribution in [2.24, 2.45) is 17.7 Å². The predicted octanol–water partition coefficient (Wildman–Crippen LogP) is 2.99. The first-order valence-electron chi connectivity index (χ1n) is 8.11. The fraction of sp³-hybridized carbons (Fsp3) is 0.750. The van der Waals surface area contributed by atoms with Crippen molar-refractivity contribution in [3.63, 3.8) is 0 Å². The average molecular weight is 292 g/mol. The van der Waals surface area contributed by atoms with E-state index in [2.05, 4.69) is 22.3 Å². The van der Waals surface area contributed by atoms with E-state index in [1.807, 2.05) is 0 Å². The van der Waals surface area contributed by atoms with Gasteiger partial charge in [0.15, 0.2) is 0 Å². The van der Waals surface area contributed by atoms with Gasteiger partial charge in [0.05, 0.1) is 13.2 Å². The molecule has 0 radical (unpaired) electrons. The Morgan fingerprint density at radius 2 is 2.00 bits per heavy atom. The van der Waals surface area contributed by atoms with Crippen LogP contribution in [0, 0.1) is 11.8 Å². The van der Waals surface area contributed by atoms with Crippen LogP contribution in [0.3, 0.4) is 0 Å². The van der Waals surface area contributed by atoms with Crippen molar-refractivity contribution in [3.05, 3.63) is 18.1 Å². The van der Waals surface area contributed by atoms with Crippen molar-refractivity contribution < 1.29 is 4.74 Å². The van der Waals surface area contributed by atoms with E-state index in [9.17, 15) is 0 Å². The van der Waals surface area contributed by atoms with Gasteiger partial charge in [-0.1, -0.05) is 39.0 Å². The lowest BCUT2D eigenvalue weighted by Crippen LogP contribution is -2.36. The molecule has 2 rings (SSSR count). The summed E-state index contributed by atoms with van der Waals surface area (Å²) >= 11 is 0. The molecule has 0 saturated heterocycles. The van der Waals surface area contributed by atoms with Crippen LogP contribution in [0.2, 0.25) is 0 Å². The molecule has 1 aromatic heterocycles. The number of aromatic nitrogens is 2. The molecule has 3 N–H and O–H groups in total. The molecule has 1 saturated carbocycles. The number of hydrogen-bond donors (Lipinski definition) is 2. The molecule has 0 aromatic carbocycles. The van der Waals surface area contributed by atoms with Crippen molar-refractivity contribution in [2.45, 2.75) is 57.9 Å². The number of rotatable bonds is 7. The quantitative estimate of drug-likeness (QED) is 0.597. The summed E-state index contributed by atoms with van der Waals surface area (Å²) in [6.45, 7) is 2.26. The van der Waals surface area contributed by atoms with E-state index in [1.165, 1.54) is 44.9 Å². The summed E-state index contributed by atoms with van der Waals surface area (Å²) < 4.78 is 5.32. The van der Waals surface area contributed by atoms with E-state index in [4.69, 9.17) is 10.6 Å². The van der Waals surface area contributed by atoms with Gasteiger partial charge in [0, 0.05) is 12.4 Å². The first-order chi connectivity index (χ1) is 10.3. The maximum Gasteiger partial charge on any atom is 0.237 e. The molecule has 5 nitrogen and oxygen atoms in total. The first-order valence-corrected chi connectivity index (χ1v) is 8.11. The van der Waals surface area contributed by atoms with Crippen LogP contribution < -0.4 is 16.0 Å². The molecule has 0 bridgehead atoms. The Bertz CT molecular complexity index is 418. The topological polar surface area (TPSA) is 73.1 Å². The molecule has 1 aromatic rings. The second kappa shape index (κ2) is 8.29. The van der Waals surface area contributed by atoms with E-state index in [-0.39, 0.29) is 6.04 Å². The largest absolute Gasteiger partial charge is 0.480 e. The molecule has 0 amide bonds. The van der Waals surface area contributed by atoms with Gasteiger partial charge >= 0.3 is 0 Å². The molecule has 118 valence electrons. The number of hydrazine groups is 1. The minimum absolute atomic E-state index is 0.0285. The second-order valence-electron chi connectivity index (χ2n) is 6.02.